The maximum Gasteiger partial charge on any atom is 0.337 e. The van der Waals surface area contributed by atoms with Crippen LogP contribution in [0.4, 0.5) is 0 Å². The number of rotatable bonds is 6. The Morgan fingerprint density at radius 2 is 2.03 bits per heavy atom. The number of imidazole rings is 2. The van der Waals surface area contributed by atoms with Crippen molar-refractivity contribution in [2.24, 2.45) is 0 Å². The summed E-state index contributed by atoms with van der Waals surface area (Å²) in [7, 11) is 3.02. The van der Waals surface area contributed by atoms with Crippen LogP contribution in [0.5, 0.6) is 0 Å². The van der Waals surface area contributed by atoms with Crippen LogP contribution >= 0.6 is 11.3 Å². The van der Waals surface area contributed by atoms with E-state index in [-0.39, 0.29) is 5.97 Å². The first-order chi connectivity index (χ1) is 15.2. The van der Waals surface area contributed by atoms with Crippen molar-refractivity contribution in [3.05, 3.63) is 53.7 Å². The lowest BCUT2D eigenvalue weighted by molar-refractivity contribution is 0.0601. The maximum atomic E-state index is 12.0. The van der Waals surface area contributed by atoms with Crippen molar-refractivity contribution >= 4 is 38.6 Å². The number of nitrogens with zero attached hydrogens (tertiary/aromatic N) is 4. The first-order valence-corrected chi connectivity index (χ1v) is 10.5. The Kier molecular flexibility index (Phi) is 4.97. The number of aromatic nitrogens is 5. The second kappa shape index (κ2) is 7.93. The summed E-state index contributed by atoms with van der Waals surface area (Å²) in [5.41, 5.74) is 6.51. The molecule has 5 rings (SSSR count). The van der Waals surface area contributed by atoms with Gasteiger partial charge < -0.3 is 19.0 Å². The van der Waals surface area contributed by atoms with E-state index < -0.39 is 0 Å². The molecule has 0 bridgehead atoms. The largest absolute Gasteiger partial charge is 0.465 e. The molecule has 3 aromatic heterocycles. The molecule has 0 aliphatic rings. The van der Waals surface area contributed by atoms with Crippen molar-refractivity contribution in [3.8, 4) is 22.9 Å². The number of methoxy groups -OCH3 is 2. The number of hydrogen-bond donors (Lipinski definition) is 1. The Labute approximate surface area is 181 Å². The molecule has 0 saturated heterocycles. The van der Waals surface area contributed by atoms with Gasteiger partial charge in [-0.25, -0.2) is 19.7 Å². The molecule has 0 amide bonds. The van der Waals surface area contributed by atoms with Crippen molar-refractivity contribution in [3.63, 3.8) is 0 Å². The third kappa shape index (κ3) is 3.47. The highest BCUT2D eigenvalue weighted by atomic mass is 32.1. The van der Waals surface area contributed by atoms with E-state index in [4.69, 9.17) is 19.4 Å². The molecule has 31 heavy (non-hydrogen) atoms. The number of nitrogens with one attached hydrogen (secondary N) is 1. The fraction of sp³-hybridized carbons (Fsp3) is 0.182. The second-order valence-electron chi connectivity index (χ2n) is 6.94. The van der Waals surface area contributed by atoms with E-state index in [0.717, 1.165) is 32.6 Å². The SMILES string of the molecule is COCCn1c(-c2c[nH]c(-c3ccc4scnc4c3)n2)nc2ccc(C(=O)OC)cc21. The van der Waals surface area contributed by atoms with Gasteiger partial charge in [-0.15, -0.1) is 11.3 Å². The van der Waals surface area contributed by atoms with Gasteiger partial charge in [-0.05, 0) is 36.4 Å². The van der Waals surface area contributed by atoms with Gasteiger partial charge in [0, 0.05) is 25.4 Å². The van der Waals surface area contributed by atoms with E-state index >= 15 is 0 Å². The molecule has 0 atom stereocenters. The van der Waals surface area contributed by atoms with Crippen LogP contribution in [0.15, 0.2) is 48.1 Å². The van der Waals surface area contributed by atoms with Gasteiger partial charge in [0.2, 0.25) is 0 Å². The molecule has 9 heteroatoms. The molecule has 0 radical (unpaired) electrons. The van der Waals surface area contributed by atoms with Crippen LogP contribution in [0.25, 0.3) is 44.2 Å². The van der Waals surface area contributed by atoms with Crippen LogP contribution in [0.3, 0.4) is 0 Å². The minimum atomic E-state index is -0.387. The van der Waals surface area contributed by atoms with Gasteiger partial charge in [-0.2, -0.15) is 0 Å². The topological polar surface area (TPSA) is 94.9 Å². The Hall–Kier alpha value is -3.56. The van der Waals surface area contributed by atoms with Gasteiger partial charge >= 0.3 is 5.97 Å². The summed E-state index contributed by atoms with van der Waals surface area (Å²) in [4.78, 5) is 29.2. The van der Waals surface area contributed by atoms with E-state index in [1.165, 1.54) is 7.11 Å². The van der Waals surface area contributed by atoms with E-state index in [9.17, 15) is 4.79 Å². The molecular weight excluding hydrogens is 414 g/mol. The molecule has 0 aliphatic heterocycles. The van der Waals surface area contributed by atoms with Crippen LogP contribution in [-0.2, 0) is 16.0 Å². The third-order valence-corrected chi connectivity index (χ3v) is 5.91. The summed E-state index contributed by atoms with van der Waals surface area (Å²) in [6.07, 6.45) is 1.84. The lowest BCUT2D eigenvalue weighted by atomic mass is 10.2. The molecule has 8 nitrogen and oxygen atoms in total. The van der Waals surface area contributed by atoms with Crippen LogP contribution in [0.2, 0.25) is 0 Å². The van der Waals surface area contributed by atoms with Crippen molar-refractivity contribution < 1.29 is 14.3 Å². The Morgan fingerprint density at radius 1 is 1.13 bits per heavy atom. The predicted molar refractivity (Wildman–Crippen MR) is 119 cm³/mol. The monoisotopic (exact) mass is 433 g/mol. The smallest absolute Gasteiger partial charge is 0.337 e. The van der Waals surface area contributed by atoms with Gasteiger partial charge in [0.15, 0.2) is 5.82 Å². The number of carbonyl (C=O) groups excluding carboxylic acids is 1. The van der Waals surface area contributed by atoms with Gasteiger partial charge in [-0.1, -0.05) is 0 Å². The Balaban J connectivity index is 1.59. The summed E-state index contributed by atoms with van der Waals surface area (Å²) >= 11 is 1.61. The van der Waals surface area contributed by atoms with E-state index in [1.54, 1.807) is 30.6 Å². The zero-order valence-corrected chi connectivity index (χ0v) is 17.8. The van der Waals surface area contributed by atoms with Crippen molar-refractivity contribution in [2.45, 2.75) is 6.54 Å². The fourth-order valence-electron chi connectivity index (χ4n) is 3.56. The summed E-state index contributed by atoms with van der Waals surface area (Å²) in [6, 6.07) is 11.4. The third-order valence-electron chi connectivity index (χ3n) is 5.10. The number of benzene rings is 2. The van der Waals surface area contributed by atoms with E-state index in [2.05, 4.69) is 9.97 Å². The number of fused-ring (bicyclic) bond motifs is 2. The number of H-pyrrole nitrogens is 1. The van der Waals surface area contributed by atoms with E-state index in [1.807, 2.05) is 40.5 Å². The number of esters is 1. The van der Waals surface area contributed by atoms with Gasteiger partial charge in [0.25, 0.3) is 0 Å². The van der Waals surface area contributed by atoms with Crippen molar-refractivity contribution in [1.82, 2.24) is 24.5 Å². The van der Waals surface area contributed by atoms with Crippen molar-refractivity contribution in [1.29, 1.82) is 0 Å². The molecule has 5 aromatic rings. The zero-order valence-electron chi connectivity index (χ0n) is 17.0. The molecular formula is C22H19N5O3S. The van der Waals surface area contributed by atoms with Crippen LogP contribution in [0.1, 0.15) is 10.4 Å². The summed E-state index contributed by atoms with van der Waals surface area (Å²) < 4.78 is 13.3. The van der Waals surface area contributed by atoms with E-state index in [0.29, 0.717) is 30.2 Å². The molecule has 0 saturated carbocycles. The first-order valence-electron chi connectivity index (χ1n) is 9.65. The zero-order chi connectivity index (χ0) is 21.4. The molecule has 1 N–H and O–H groups in total. The van der Waals surface area contributed by atoms with Crippen LogP contribution in [-0.4, -0.2) is 51.3 Å². The van der Waals surface area contributed by atoms with Gasteiger partial charge in [-0.3, -0.25) is 0 Å². The quantitative estimate of drug-likeness (QED) is 0.405. The fourth-order valence-corrected chi connectivity index (χ4v) is 4.22. The predicted octanol–water partition coefficient (Wildman–Crippen LogP) is 4.14. The summed E-state index contributed by atoms with van der Waals surface area (Å²) in [5, 5.41) is 0. The summed E-state index contributed by atoms with van der Waals surface area (Å²) in [6.45, 7) is 1.07. The molecule has 0 unspecified atom stereocenters. The van der Waals surface area contributed by atoms with Crippen LogP contribution < -0.4 is 0 Å². The average molecular weight is 433 g/mol. The lowest BCUT2D eigenvalue weighted by Gasteiger charge is -2.07. The first kappa shape index (κ1) is 19.4. The molecule has 156 valence electrons. The van der Waals surface area contributed by atoms with Crippen LogP contribution in [0, 0.1) is 0 Å². The molecule has 2 aromatic carbocycles. The minimum Gasteiger partial charge on any atom is -0.465 e. The number of thiazole rings is 1. The maximum absolute atomic E-state index is 12.0. The minimum absolute atomic E-state index is 0.387. The Morgan fingerprint density at radius 3 is 2.87 bits per heavy atom. The lowest BCUT2D eigenvalue weighted by Crippen LogP contribution is -2.07. The molecule has 0 spiro atoms. The number of hydrogen-bond acceptors (Lipinski definition) is 7. The van der Waals surface area contributed by atoms with Gasteiger partial charge in [0.1, 0.15) is 11.5 Å². The summed E-state index contributed by atoms with van der Waals surface area (Å²) in [5.74, 6) is 1.05. The normalized spacial score (nSPS) is 11.4. The van der Waals surface area contributed by atoms with Crippen molar-refractivity contribution in [2.75, 3.05) is 20.8 Å². The molecule has 3 heterocycles. The molecule has 0 fully saturated rings. The average Bonchev–Trinajstić information content (AvgIpc) is 3.54. The highest BCUT2D eigenvalue weighted by molar-refractivity contribution is 7.16. The highest BCUT2D eigenvalue weighted by Crippen LogP contribution is 2.28. The highest BCUT2D eigenvalue weighted by Gasteiger charge is 2.18. The second-order valence-corrected chi connectivity index (χ2v) is 7.83. The Bertz CT molecular complexity index is 1400. The molecule has 0 aliphatic carbocycles. The van der Waals surface area contributed by atoms with Gasteiger partial charge in [0.05, 0.1) is 46.0 Å². The number of carbonyl (C=O) groups is 1. The standard InChI is InChI=1S/C22H19N5O3S/c1-29-8-7-27-18-10-14(22(28)30-2)3-5-15(18)26-21(27)17-11-23-20(25-17)13-4-6-19-16(9-13)24-12-31-19/h3-6,9-12H,7-8H2,1-2H3,(H,23,25). The number of aromatic amines is 1. The number of ether oxygens (including phenoxy) is 2.